The van der Waals surface area contributed by atoms with Gasteiger partial charge in [-0.25, -0.2) is 0 Å². The molecule has 3 nitrogen and oxygen atoms in total. The number of carbonyl (C=O) groups excluding carboxylic acids is 1. The summed E-state index contributed by atoms with van der Waals surface area (Å²) in [5.41, 5.74) is 2.46. The third kappa shape index (κ3) is 4.36. The topological polar surface area (TPSA) is 38.3 Å². The maximum absolute atomic E-state index is 12.0. The summed E-state index contributed by atoms with van der Waals surface area (Å²) in [6.07, 6.45) is 3.17. The second-order valence-corrected chi connectivity index (χ2v) is 6.02. The third-order valence-electron chi connectivity index (χ3n) is 3.06. The first-order chi connectivity index (χ1) is 10.5. The number of amides is 1. The molecule has 0 heterocycles. The Morgan fingerprint density at radius 2 is 2.05 bits per heavy atom. The molecule has 0 radical (unpaired) electrons. The lowest BCUT2D eigenvalue weighted by Crippen LogP contribution is -2.08. The zero-order chi connectivity index (χ0) is 16.1. The molecule has 0 unspecified atom stereocenters. The smallest absolute Gasteiger partial charge is 0.248 e. The Balaban J connectivity index is 2.15. The van der Waals surface area contributed by atoms with Crippen LogP contribution in [0.1, 0.15) is 11.1 Å². The van der Waals surface area contributed by atoms with Gasteiger partial charge in [-0.3, -0.25) is 4.79 Å². The van der Waals surface area contributed by atoms with Crippen molar-refractivity contribution in [2.75, 3.05) is 12.4 Å². The highest BCUT2D eigenvalue weighted by molar-refractivity contribution is 9.10. The number of benzene rings is 2. The molecule has 2 aromatic carbocycles. The zero-order valence-electron chi connectivity index (χ0n) is 12.2. The van der Waals surface area contributed by atoms with E-state index in [4.69, 9.17) is 16.3 Å². The van der Waals surface area contributed by atoms with E-state index in [2.05, 4.69) is 21.2 Å². The number of aryl methyl sites for hydroxylation is 1. The van der Waals surface area contributed by atoms with Crippen molar-refractivity contribution in [2.45, 2.75) is 6.92 Å². The first-order valence-corrected chi connectivity index (χ1v) is 7.75. The summed E-state index contributed by atoms with van der Waals surface area (Å²) in [5.74, 6) is 0.471. The lowest BCUT2D eigenvalue weighted by Gasteiger charge is -2.07. The Labute approximate surface area is 143 Å². The van der Waals surface area contributed by atoms with Crippen molar-refractivity contribution in [3.63, 3.8) is 0 Å². The minimum absolute atomic E-state index is 0.229. The molecule has 5 heteroatoms. The van der Waals surface area contributed by atoms with Crippen molar-refractivity contribution in [1.82, 2.24) is 0 Å². The van der Waals surface area contributed by atoms with Crippen LogP contribution >= 0.6 is 27.5 Å². The molecule has 0 aliphatic heterocycles. The highest BCUT2D eigenvalue weighted by atomic mass is 79.9. The third-order valence-corrected chi connectivity index (χ3v) is 3.79. The number of nitrogens with one attached hydrogen (secondary N) is 1. The van der Waals surface area contributed by atoms with Gasteiger partial charge in [0.2, 0.25) is 5.91 Å². The van der Waals surface area contributed by atoms with Gasteiger partial charge in [0.1, 0.15) is 5.75 Å². The molecular weight excluding hydrogens is 366 g/mol. The van der Waals surface area contributed by atoms with Crippen molar-refractivity contribution < 1.29 is 9.53 Å². The van der Waals surface area contributed by atoms with Crippen LogP contribution in [0, 0.1) is 6.92 Å². The zero-order valence-corrected chi connectivity index (χ0v) is 14.5. The first kappa shape index (κ1) is 16.6. The molecule has 114 valence electrons. The van der Waals surface area contributed by atoms with Gasteiger partial charge >= 0.3 is 0 Å². The highest BCUT2D eigenvalue weighted by Gasteiger charge is 2.04. The van der Waals surface area contributed by atoms with E-state index in [0.29, 0.717) is 16.5 Å². The standard InChI is InChI=1S/C17H15BrClNO2/c1-11-3-6-14(19)10-15(11)20-17(21)8-4-12-9-13(18)5-7-16(12)22-2/h3-10H,1-2H3,(H,20,21)/b8-4+. The largest absolute Gasteiger partial charge is 0.496 e. The van der Waals surface area contributed by atoms with Crippen LogP contribution in [0.2, 0.25) is 5.02 Å². The van der Waals surface area contributed by atoms with Gasteiger partial charge in [0.15, 0.2) is 0 Å². The van der Waals surface area contributed by atoms with E-state index in [1.807, 2.05) is 31.2 Å². The van der Waals surface area contributed by atoms with Gasteiger partial charge in [0, 0.05) is 26.8 Å². The Morgan fingerprint density at radius 3 is 2.77 bits per heavy atom. The summed E-state index contributed by atoms with van der Waals surface area (Å²) in [5, 5.41) is 3.39. The van der Waals surface area contributed by atoms with E-state index < -0.39 is 0 Å². The molecule has 1 N–H and O–H groups in total. The van der Waals surface area contributed by atoms with Gasteiger partial charge in [-0.15, -0.1) is 0 Å². The summed E-state index contributed by atoms with van der Waals surface area (Å²) in [6, 6.07) is 11.0. The van der Waals surface area contributed by atoms with Gasteiger partial charge < -0.3 is 10.1 Å². The molecule has 0 fully saturated rings. The van der Waals surface area contributed by atoms with Gasteiger partial charge in [-0.2, -0.15) is 0 Å². The van der Waals surface area contributed by atoms with E-state index in [1.54, 1.807) is 25.3 Å². The van der Waals surface area contributed by atoms with Crippen LogP contribution in [0.4, 0.5) is 5.69 Å². The van der Waals surface area contributed by atoms with Crippen LogP contribution in [0.5, 0.6) is 5.75 Å². The molecule has 0 aliphatic rings. The number of hydrogen-bond donors (Lipinski definition) is 1. The number of hydrogen-bond acceptors (Lipinski definition) is 2. The molecule has 0 aromatic heterocycles. The minimum Gasteiger partial charge on any atom is -0.496 e. The number of halogens is 2. The number of anilines is 1. The summed E-state index contributed by atoms with van der Waals surface area (Å²) >= 11 is 9.34. The van der Waals surface area contributed by atoms with Gasteiger partial charge in [0.25, 0.3) is 0 Å². The van der Waals surface area contributed by atoms with E-state index in [-0.39, 0.29) is 5.91 Å². The molecule has 0 bridgehead atoms. The second kappa shape index (κ2) is 7.47. The number of carbonyl (C=O) groups is 1. The van der Waals surface area contributed by atoms with Crippen molar-refractivity contribution in [2.24, 2.45) is 0 Å². The molecule has 2 aromatic rings. The molecule has 0 spiro atoms. The molecule has 0 saturated heterocycles. The number of methoxy groups -OCH3 is 1. The average Bonchev–Trinajstić information content (AvgIpc) is 2.49. The highest BCUT2D eigenvalue weighted by Crippen LogP contribution is 2.24. The van der Waals surface area contributed by atoms with Gasteiger partial charge in [-0.1, -0.05) is 33.6 Å². The Hall–Kier alpha value is -1.78. The lowest BCUT2D eigenvalue weighted by atomic mass is 10.1. The summed E-state index contributed by atoms with van der Waals surface area (Å²) in [6.45, 7) is 1.91. The van der Waals surface area contributed by atoms with Crippen LogP contribution < -0.4 is 10.1 Å². The first-order valence-electron chi connectivity index (χ1n) is 6.58. The fraction of sp³-hybridized carbons (Fsp3) is 0.118. The van der Waals surface area contributed by atoms with E-state index in [9.17, 15) is 4.79 Å². The Kier molecular flexibility index (Phi) is 5.63. The van der Waals surface area contributed by atoms with Crippen molar-refractivity contribution in [1.29, 1.82) is 0 Å². The van der Waals surface area contributed by atoms with Crippen LogP contribution in [-0.2, 0) is 4.79 Å². The predicted octanol–water partition coefficient (Wildman–Crippen LogP) is 5.07. The lowest BCUT2D eigenvalue weighted by molar-refractivity contribution is -0.111. The second-order valence-electron chi connectivity index (χ2n) is 4.67. The molecule has 0 aliphatic carbocycles. The molecule has 1 amide bonds. The maximum atomic E-state index is 12.0. The summed E-state index contributed by atoms with van der Waals surface area (Å²) < 4.78 is 6.18. The fourth-order valence-electron chi connectivity index (χ4n) is 1.90. The van der Waals surface area contributed by atoms with Gasteiger partial charge in [-0.05, 0) is 48.9 Å². The fourth-order valence-corrected chi connectivity index (χ4v) is 2.46. The maximum Gasteiger partial charge on any atom is 0.248 e. The van der Waals surface area contributed by atoms with Crippen LogP contribution in [-0.4, -0.2) is 13.0 Å². The van der Waals surface area contributed by atoms with Crippen LogP contribution in [0.3, 0.4) is 0 Å². The monoisotopic (exact) mass is 379 g/mol. The normalized spacial score (nSPS) is 10.7. The van der Waals surface area contributed by atoms with Crippen LogP contribution in [0.25, 0.3) is 6.08 Å². The van der Waals surface area contributed by atoms with Crippen LogP contribution in [0.15, 0.2) is 46.9 Å². The molecule has 0 atom stereocenters. The SMILES string of the molecule is COc1ccc(Br)cc1/C=C/C(=O)Nc1cc(Cl)ccc1C. The summed E-state index contributed by atoms with van der Waals surface area (Å²) in [7, 11) is 1.59. The number of ether oxygens (including phenoxy) is 1. The average molecular weight is 381 g/mol. The van der Waals surface area contributed by atoms with Crippen molar-refractivity contribution >= 4 is 45.2 Å². The quantitative estimate of drug-likeness (QED) is 0.752. The summed E-state index contributed by atoms with van der Waals surface area (Å²) in [4.78, 5) is 12.0. The van der Waals surface area contributed by atoms with Crippen molar-refractivity contribution in [3.8, 4) is 5.75 Å². The van der Waals surface area contributed by atoms with Gasteiger partial charge in [0.05, 0.1) is 7.11 Å². The van der Waals surface area contributed by atoms with Crippen molar-refractivity contribution in [3.05, 3.63) is 63.1 Å². The van der Waals surface area contributed by atoms with E-state index >= 15 is 0 Å². The number of rotatable bonds is 4. The Bertz CT molecular complexity index is 729. The molecule has 2 rings (SSSR count). The van der Waals surface area contributed by atoms with E-state index in [0.717, 1.165) is 15.6 Å². The van der Waals surface area contributed by atoms with E-state index in [1.165, 1.54) is 6.08 Å². The molecule has 0 saturated carbocycles. The molecular formula is C17H15BrClNO2. The minimum atomic E-state index is -0.229. The predicted molar refractivity (Wildman–Crippen MR) is 94.5 cm³/mol. The Morgan fingerprint density at radius 1 is 1.27 bits per heavy atom. The molecule has 22 heavy (non-hydrogen) atoms.